The Morgan fingerprint density at radius 2 is 1.23 bits per heavy atom. The van der Waals surface area contributed by atoms with Gasteiger partial charge in [0.05, 0.1) is 31.4 Å². The first kappa shape index (κ1) is 79.0. The first-order chi connectivity index (χ1) is 42.3. The van der Waals surface area contributed by atoms with Crippen molar-refractivity contribution in [2.24, 2.45) is 57.0 Å². The summed E-state index contributed by atoms with van der Waals surface area (Å²) < 4.78 is 5.93. The normalized spacial score (nSPS) is 24.7. The molecular formula is C59H99N15O17. The van der Waals surface area contributed by atoms with Crippen LogP contribution in [0.2, 0.25) is 0 Å². The third kappa shape index (κ3) is 26.4. The van der Waals surface area contributed by atoms with Crippen molar-refractivity contribution >= 4 is 76.9 Å². The maximum Gasteiger partial charge on any atom is 0.331 e. The van der Waals surface area contributed by atoms with Crippen molar-refractivity contribution in [3.63, 3.8) is 0 Å². The molecule has 1 saturated heterocycles. The van der Waals surface area contributed by atoms with Gasteiger partial charge in [0.25, 0.3) is 0 Å². The highest BCUT2D eigenvalue weighted by Gasteiger charge is 2.44. The zero-order chi connectivity index (χ0) is 69.4. The molecule has 0 aromatic heterocycles. The van der Waals surface area contributed by atoms with Crippen LogP contribution in [0.5, 0.6) is 0 Å². The Balaban J connectivity index is 3.14. The second-order valence-electron chi connectivity index (χ2n) is 25.2. The third-order valence-corrected chi connectivity index (χ3v) is 14.6. The zero-order valence-electron chi connectivity index (χ0n) is 54.0. The first-order valence-corrected chi connectivity index (χ1v) is 30.3. The number of aliphatic hydroxyl groups is 4. The van der Waals surface area contributed by atoms with E-state index in [1.807, 2.05) is 31.4 Å². The lowest BCUT2D eigenvalue weighted by Crippen LogP contribution is -2.64. The van der Waals surface area contributed by atoms with Gasteiger partial charge in [-0.1, -0.05) is 113 Å². The molecule has 2 rings (SSSR count). The molecular weight excluding hydrogens is 1190 g/mol. The van der Waals surface area contributed by atoms with E-state index in [1.54, 1.807) is 41.5 Å². The summed E-state index contributed by atoms with van der Waals surface area (Å²) in [7, 11) is 0. The van der Waals surface area contributed by atoms with Crippen molar-refractivity contribution in [3.8, 4) is 0 Å². The predicted octanol–water partition coefficient (Wildman–Crippen LogP) is -5.04. The molecule has 91 heavy (non-hydrogen) atoms. The number of hydrogen-bond acceptors (Lipinski definition) is 19. The molecule has 22 N–H and O–H groups in total. The maximum absolute atomic E-state index is 15.4. The minimum atomic E-state index is -2.58. The van der Waals surface area contributed by atoms with Crippen LogP contribution in [0.25, 0.3) is 0 Å². The van der Waals surface area contributed by atoms with Gasteiger partial charge in [-0.3, -0.25) is 57.7 Å². The Bertz CT molecular complexity index is 2690. The number of rotatable bonds is 22. The van der Waals surface area contributed by atoms with Crippen molar-refractivity contribution in [2.75, 3.05) is 19.7 Å². The number of cyclic esters (lactones) is 1. The lowest BCUT2D eigenvalue weighted by Gasteiger charge is -2.34. The molecule has 0 radical (unpaired) electrons. The highest BCUT2D eigenvalue weighted by atomic mass is 16.5. The van der Waals surface area contributed by atoms with Gasteiger partial charge in [0.2, 0.25) is 65.0 Å². The van der Waals surface area contributed by atoms with E-state index in [4.69, 9.17) is 27.7 Å². The molecule has 11 amide bonds. The molecule has 32 heteroatoms. The van der Waals surface area contributed by atoms with Crippen LogP contribution >= 0.6 is 0 Å². The van der Waals surface area contributed by atoms with Crippen LogP contribution in [0.1, 0.15) is 133 Å². The zero-order valence-corrected chi connectivity index (χ0v) is 54.0. The summed E-state index contributed by atoms with van der Waals surface area (Å²) in [5.74, 6) is -17.2. The second-order valence-corrected chi connectivity index (χ2v) is 25.2. The molecule has 512 valence electrons. The van der Waals surface area contributed by atoms with Crippen molar-refractivity contribution in [2.45, 2.75) is 206 Å². The number of guanidine groups is 1. The molecule has 0 aliphatic carbocycles. The van der Waals surface area contributed by atoms with E-state index in [0.717, 1.165) is 6.92 Å². The monoisotopic (exact) mass is 1290 g/mol. The topological polar surface area (TPSA) is 532 Å². The van der Waals surface area contributed by atoms with Crippen LogP contribution in [0, 0.1) is 29.1 Å². The Kier molecular flexibility index (Phi) is 32.4. The fraction of sp³-hybridized carbons (Fsp3) is 0.678. The number of hydrogen-bond donors (Lipinski definition) is 18. The minimum absolute atomic E-state index is 0.0457. The smallest absolute Gasteiger partial charge is 0.331 e. The Hall–Kier alpha value is -8.07. The second kappa shape index (κ2) is 37.3. The molecule has 1 heterocycles. The SMILES string of the molecule is CC[C@H](C)[C@@H]1NC(=O)[C@@H](CCCN=C(N)N)NC(=O)[C@H](CC(C)C)NC(=O)[C@H]([C@H](O)C(C)C)NC(=O)[C@@H](NC(=O)[C@H](CC(C)C)NC(=O)[C@H](N)CC(C)(C)C)[C@@H](c2ccccc2)OC(=O)[C@H](CO)NC(=O)[C@H]([C@H](O)C(N)=O)NC(=O)CNC(=O)[C@H]([C@H](C)O)NC1=O. The van der Waals surface area contributed by atoms with E-state index in [-0.39, 0.29) is 68.4 Å². The number of carbonyl (C=O) groups excluding carboxylic acids is 12. The number of benzene rings is 1. The van der Waals surface area contributed by atoms with Gasteiger partial charge >= 0.3 is 5.97 Å². The molecule has 1 aromatic rings. The minimum Gasteiger partial charge on any atom is -0.453 e. The summed E-state index contributed by atoms with van der Waals surface area (Å²) in [6.07, 6.45) is -8.09. The summed E-state index contributed by atoms with van der Waals surface area (Å²) in [5.41, 5.74) is 22.2. The van der Waals surface area contributed by atoms with Crippen molar-refractivity contribution in [3.05, 3.63) is 35.9 Å². The van der Waals surface area contributed by atoms with Gasteiger partial charge in [-0.2, -0.15) is 0 Å². The van der Waals surface area contributed by atoms with Gasteiger partial charge in [-0.05, 0) is 73.7 Å². The van der Waals surface area contributed by atoms with Crippen LogP contribution in [-0.2, 0) is 62.3 Å². The van der Waals surface area contributed by atoms with Crippen LogP contribution in [0.3, 0.4) is 0 Å². The van der Waals surface area contributed by atoms with Gasteiger partial charge in [0.15, 0.2) is 24.2 Å². The number of esters is 1. The van der Waals surface area contributed by atoms with Gasteiger partial charge in [0.1, 0.15) is 48.3 Å². The number of nitrogens with zero attached hydrogens (tertiary/aromatic N) is 1. The number of aliphatic hydroxyl groups excluding tert-OH is 4. The van der Waals surface area contributed by atoms with Gasteiger partial charge < -0.3 is 101 Å². The van der Waals surface area contributed by atoms with E-state index in [1.165, 1.54) is 44.2 Å². The van der Waals surface area contributed by atoms with E-state index >= 15 is 4.79 Å². The predicted molar refractivity (Wildman–Crippen MR) is 331 cm³/mol. The van der Waals surface area contributed by atoms with Crippen molar-refractivity contribution in [1.82, 2.24) is 53.2 Å². The highest BCUT2D eigenvalue weighted by molar-refractivity contribution is 6.00. The van der Waals surface area contributed by atoms with Gasteiger partial charge in [-0.25, -0.2) is 4.79 Å². The number of nitrogens with two attached hydrogens (primary N) is 4. The molecule has 32 nitrogen and oxygen atoms in total. The van der Waals surface area contributed by atoms with Crippen molar-refractivity contribution in [1.29, 1.82) is 0 Å². The van der Waals surface area contributed by atoms with Crippen LogP contribution in [0.15, 0.2) is 35.3 Å². The largest absolute Gasteiger partial charge is 0.453 e. The average molecular weight is 1290 g/mol. The number of carbonyl (C=O) groups is 12. The van der Waals surface area contributed by atoms with Gasteiger partial charge in [0, 0.05) is 6.54 Å². The van der Waals surface area contributed by atoms with Crippen LogP contribution < -0.4 is 76.1 Å². The van der Waals surface area contributed by atoms with Crippen LogP contribution in [-0.4, -0.2) is 196 Å². The summed E-state index contributed by atoms with van der Waals surface area (Å²) in [4.78, 5) is 174. The molecule has 0 bridgehead atoms. The number of aliphatic imine (C=N–C) groups is 1. The summed E-state index contributed by atoms with van der Waals surface area (Å²) in [6, 6.07) is -10.8. The van der Waals surface area contributed by atoms with E-state index in [0.29, 0.717) is 0 Å². The molecule has 0 spiro atoms. The molecule has 15 atom stereocenters. The Morgan fingerprint density at radius 3 is 1.76 bits per heavy atom. The number of amides is 11. The first-order valence-electron chi connectivity index (χ1n) is 30.3. The standard InChI is InChI=1S/C59H99N15O17/c1-13-30(8)39-53(86)72-40(31(9)76)52(85)65-25-38(77)70-42(45(79)47(61)80)55(88)69-37(26-75)57(90)91-46(32-18-15-14-16-19-32)43(74-51(84)36(23-28(4)5)67-48(81)33(60)24-59(10,11)12)56(89)73-41(44(78)29(6)7)54(87)68-35(22-27(2)3)50(83)66-34(49(82)71-39)20-17-21-64-58(62)63/h14-16,18-19,27-31,33-37,39-46,75-76,78-79H,13,17,20-26,60H2,1-12H3,(H2,61,80)(H,65,85)(H,66,83)(H,67,81)(H,68,87)(H,69,88)(H,70,77)(H,71,82)(H,72,86)(H,73,89)(H,74,84)(H4,62,63,64)/t30-,31-,33+,34+,35-,36-,37-,39-,40-,41-,42-,43-,44+,45-,46+/m0/s1. The summed E-state index contributed by atoms with van der Waals surface area (Å²) >= 11 is 0. The molecule has 1 fully saturated rings. The van der Waals surface area contributed by atoms with E-state index in [2.05, 4.69) is 47.5 Å². The number of ether oxygens (including phenoxy) is 1. The molecule has 1 aromatic carbocycles. The lowest BCUT2D eigenvalue weighted by molar-refractivity contribution is -0.159. The van der Waals surface area contributed by atoms with Crippen LogP contribution in [0.4, 0.5) is 0 Å². The molecule has 0 saturated carbocycles. The van der Waals surface area contributed by atoms with E-state index < -0.39 is 186 Å². The summed E-state index contributed by atoms with van der Waals surface area (Å²) in [6.45, 7) is 17.2. The van der Waals surface area contributed by atoms with Crippen molar-refractivity contribution < 1.29 is 82.7 Å². The fourth-order valence-corrected chi connectivity index (χ4v) is 9.39. The molecule has 0 unspecified atom stereocenters. The fourth-order valence-electron chi connectivity index (χ4n) is 9.39. The third-order valence-electron chi connectivity index (χ3n) is 14.6. The molecule has 1 aliphatic rings. The quantitative estimate of drug-likeness (QED) is 0.0224. The van der Waals surface area contributed by atoms with Gasteiger partial charge in [-0.15, -0.1) is 0 Å². The average Bonchev–Trinajstić information content (AvgIpc) is 1.09. The lowest BCUT2D eigenvalue weighted by atomic mass is 9.88. The Morgan fingerprint density at radius 1 is 0.681 bits per heavy atom. The maximum atomic E-state index is 15.4. The highest BCUT2D eigenvalue weighted by Crippen LogP contribution is 2.25. The molecule has 1 aliphatic heterocycles. The summed E-state index contributed by atoms with van der Waals surface area (Å²) in [5, 5.41) is 68.1. The Labute approximate surface area is 530 Å². The number of primary amides is 1. The van der Waals surface area contributed by atoms with E-state index in [9.17, 15) is 73.2 Å². The number of nitrogens with one attached hydrogen (secondary N) is 10.